The van der Waals surface area contributed by atoms with E-state index in [4.69, 9.17) is 10.5 Å². The van der Waals surface area contributed by atoms with E-state index in [0.717, 1.165) is 45.8 Å². The van der Waals surface area contributed by atoms with E-state index in [9.17, 15) is 8.42 Å². The minimum atomic E-state index is -2.84. The number of hydrogen-bond donors (Lipinski definition) is 1. The Hall–Kier alpha value is -0.210. The number of sulfone groups is 1. The van der Waals surface area contributed by atoms with Crippen molar-refractivity contribution in [1.82, 2.24) is 9.80 Å². The number of nitrogens with zero attached hydrogens (tertiary/aromatic N) is 2. The number of likely N-dealkylation sites (tertiary alicyclic amines) is 1. The third-order valence-corrected chi connectivity index (χ3v) is 7.19. The summed E-state index contributed by atoms with van der Waals surface area (Å²) in [6, 6.07) is 0.579. The van der Waals surface area contributed by atoms with Gasteiger partial charge >= 0.3 is 0 Å². The van der Waals surface area contributed by atoms with Crippen LogP contribution in [0.25, 0.3) is 0 Å². The Morgan fingerprint density at radius 3 is 2.43 bits per heavy atom. The van der Waals surface area contributed by atoms with Crippen LogP contribution in [0.5, 0.6) is 0 Å². The molecule has 0 saturated carbocycles. The van der Waals surface area contributed by atoms with E-state index in [1.807, 2.05) is 0 Å². The lowest BCUT2D eigenvalue weighted by atomic mass is 9.90. The van der Waals surface area contributed by atoms with Gasteiger partial charge in [-0.1, -0.05) is 0 Å². The highest BCUT2D eigenvalue weighted by molar-refractivity contribution is 7.91. The van der Waals surface area contributed by atoms with Crippen LogP contribution >= 0.6 is 0 Å². The van der Waals surface area contributed by atoms with Gasteiger partial charge in [0.15, 0.2) is 0 Å². The van der Waals surface area contributed by atoms with Gasteiger partial charge in [0, 0.05) is 44.3 Å². The molecule has 3 fully saturated rings. The predicted octanol–water partition coefficient (Wildman–Crippen LogP) is -0.701. The van der Waals surface area contributed by atoms with Crippen molar-refractivity contribution in [2.45, 2.75) is 30.8 Å². The fraction of sp³-hybridized carbons (Fsp3) is 1.00. The summed E-state index contributed by atoms with van der Waals surface area (Å²) in [5.41, 5.74) is 5.97. The lowest BCUT2D eigenvalue weighted by molar-refractivity contribution is 0.0141. The van der Waals surface area contributed by atoms with Gasteiger partial charge in [-0.3, -0.25) is 9.80 Å². The van der Waals surface area contributed by atoms with Crippen molar-refractivity contribution in [3.63, 3.8) is 0 Å². The zero-order chi connectivity index (χ0) is 14.9. The Kier molecular flexibility index (Phi) is 4.57. The van der Waals surface area contributed by atoms with Crippen LogP contribution in [0.1, 0.15) is 19.3 Å². The van der Waals surface area contributed by atoms with E-state index in [1.54, 1.807) is 0 Å². The number of nitrogens with two attached hydrogens (primary N) is 1. The zero-order valence-corrected chi connectivity index (χ0v) is 13.5. The second-order valence-electron chi connectivity index (χ2n) is 6.62. The molecule has 3 aliphatic heterocycles. The predicted molar refractivity (Wildman–Crippen MR) is 82.0 cm³/mol. The Morgan fingerprint density at radius 1 is 1.14 bits per heavy atom. The Balaban J connectivity index is 1.63. The van der Waals surface area contributed by atoms with Gasteiger partial charge < -0.3 is 10.5 Å². The molecule has 0 aromatic carbocycles. The minimum Gasteiger partial charge on any atom is -0.379 e. The van der Waals surface area contributed by atoms with Gasteiger partial charge in [0.25, 0.3) is 0 Å². The molecular weight excluding hydrogens is 290 g/mol. The van der Waals surface area contributed by atoms with Crippen molar-refractivity contribution in [2.75, 3.05) is 57.4 Å². The standard InChI is InChI=1S/C14H27N3O3S/c15-12-14(2-9-21(18,19)10-3-14)17-4-1-13(11-17)16-5-7-20-8-6-16/h13H,1-12,15H2. The lowest BCUT2D eigenvalue weighted by Crippen LogP contribution is -2.57. The summed E-state index contributed by atoms with van der Waals surface area (Å²) in [5.74, 6) is 0.589. The summed E-state index contributed by atoms with van der Waals surface area (Å²) < 4.78 is 28.8. The second-order valence-corrected chi connectivity index (χ2v) is 8.92. The van der Waals surface area contributed by atoms with Gasteiger partial charge in [0.2, 0.25) is 0 Å². The summed E-state index contributed by atoms with van der Waals surface area (Å²) in [6.45, 7) is 6.33. The van der Waals surface area contributed by atoms with Crippen LogP contribution in [0.15, 0.2) is 0 Å². The van der Waals surface area contributed by atoms with Gasteiger partial charge in [-0.2, -0.15) is 0 Å². The first kappa shape index (κ1) is 15.7. The first-order chi connectivity index (χ1) is 10.0. The highest BCUT2D eigenvalue weighted by Crippen LogP contribution is 2.33. The average molecular weight is 317 g/mol. The van der Waals surface area contributed by atoms with Gasteiger partial charge in [0.05, 0.1) is 24.7 Å². The van der Waals surface area contributed by atoms with Crippen molar-refractivity contribution in [2.24, 2.45) is 5.73 Å². The summed E-state index contributed by atoms with van der Waals surface area (Å²) in [7, 11) is -2.84. The summed E-state index contributed by atoms with van der Waals surface area (Å²) in [4.78, 5) is 5.00. The molecule has 21 heavy (non-hydrogen) atoms. The van der Waals surface area contributed by atoms with E-state index in [-0.39, 0.29) is 5.54 Å². The summed E-state index contributed by atoms with van der Waals surface area (Å²) >= 11 is 0. The Morgan fingerprint density at radius 2 is 1.81 bits per heavy atom. The smallest absolute Gasteiger partial charge is 0.150 e. The van der Waals surface area contributed by atoms with Crippen LogP contribution < -0.4 is 5.73 Å². The molecule has 0 radical (unpaired) electrons. The van der Waals surface area contributed by atoms with E-state index in [1.165, 1.54) is 0 Å². The number of hydrogen-bond acceptors (Lipinski definition) is 6. The van der Waals surface area contributed by atoms with Crippen molar-refractivity contribution >= 4 is 9.84 Å². The molecular formula is C14H27N3O3S. The lowest BCUT2D eigenvalue weighted by Gasteiger charge is -2.44. The monoisotopic (exact) mass is 317 g/mol. The average Bonchev–Trinajstić information content (AvgIpc) is 2.99. The molecule has 3 rings (SSSR count). The Bertz CT molecular complexity index is 448. The van der Waals surface area contributed by atoms with E-state index in [0.29, 0.717) is 36.9 Å². The zero-order valence-electron chi connectivity index (χ0n) is 12.7. The molecule has 0 bridgehead atoms. The largest absolute Gasteiger partial charge is 0.379 e. The fourth-order valence-electron chi connectivity index (χ4n) is 3.98. The maximum Gasteiger partial charge on any atom is 0.150 e. The highest BCUT2D eigenvalue weighted by Gasteiger charge is 2.44. The van der Waals surface area contributed by atoms with Crippen LogP contribution in [0.2, 0.25) is 0 Å². The molecule has 1 unspecified atom stereocenters. The molecule has 0 aromatic heterocycles. The molecule has 3 saturated heterocycles. The van der Waals surface area contributed by atoms with Crippen LogP contribution in [0.4, 0.5) is 0 Å². The molecule has 3 aliphatic rings. The van der Waals surface area contributed by atoms with Crippen LogP contribution in [0.3, 0.4) is 0 Å². The topological polar surface area (TPSA) is 75.9 Å². The normalized spacial score (nSPS) is 34.0. The maximum absolute atomic E-state index is 11.7. The van der Waals surface area contributed by atoms with Gasteiger partial charge in [-0.05, 0) is 19.3 Å². The third kappa shape index (κ3) is 3.27. The fourth-order valence-corrected chi connectivity index (χ4v) is 5.57. The van der Waals surface area contributed by atoms with Gasteiger partial charge in [-0.25, -0.2) is 8.42 Å². The molecule has 0 amide bonds. The molecule has 122 valence electrons. The maximum atomic E-state index is 11.7. The molecule has 0 aromatic rings. The van der Waals surface area contributed by atoms with E-state index < -0.39 is 9.84 Å². The molecule has 0 spiro atoms. The highest BCUT2D eigenvalue weighted by atomic mass is 32.2. The van der Waals surface area contributed by atoms with Gasteiger partial charge in [0.1, 0.15) is 9.84 Å². The van der Waals surface area contributed by atoms with Crippen LogP contribution in [-0.4, -0.2) is 87.2 Å². The van der Waals surface area contributed by atoms with Gasteiger partial charge in [-0.15, -0.1) is 0 Å². The van der Waals surface area contributed by atoms with E-state index in [2.05, 4.69) is 9.80 Å². The van der Waals surface area contributed by atoms with Crippen molar-refractivity contribution in [3.05, 3.63) is 0 Å². The van der Waals surface area contributed by atoms with Crippen LogP contribution in [-0.2, 0) is 14.6 Å². The molecule has 2 N–H and O–H groups in total. The first-order valence-electron chi connectivity index (χ1n) is 8.02. The van der Waals surface area contributed by atoms with Crippen LogP contribution in [0, 0.1) is 0 Å². The van der Waals surface area contributed by atoms with Crippen molar-refractivity contribution < 1.29 is 13.2 Å². The summed E-state index contributed by atoms with van der Waals surface area (Å²) in [6.07, 6.45) is 2.55. The first-order valence-corrected chi connectivity index (χ1v) is 9.84. The van der Waals surface area contributed by atoms with E-state index >= 15 is 0 Å². The Labute approximate surface area is 127 Å². The quantitative estimate of drug-likeness (QED) is 0.742. The third-order valence-electron chi connectivity index (χ3n) is 5.53. The van der Waals surface area contributed by atoms with Crippen molar-refractivity contribution in [3.8, 4) is 0 Å². The summed E-state index contributed by atoms with van der Waals surface area (Å²) in [5, 5.41) is 0. The molecule has 3 heterocycles. The number of rotatable bonds is 3. The molecule has 7 heteroatoms. The minimum absolute atomic E-state index is 0.0909. The number of morpholine rings is 1. The molecule has 1 atom stereocenters. The SMILES string of the molecule is NCC1(N2CCC(N3CCOCC3)C2)CCS(=O)(=O)CC1. The number of ether oxygens (including phenoxy) is 1. The second kappa shape index (κ2) is 6.12. The van der Waals surface area contributed by atoms with Crippen molar-refractivity contribution in [1.29, 1.82) is 0 Å². The molecule has 0 aliphatic carbocycles. The molecule has 6 nitrogen and oxygen atoms in total.